The quantitative estimate of drug-likeness (QED) is 0.373. The average molecular weight is 510 g/mol. The number of hydrogen-bond donors (Lipinski definition) is 2. The maximum absolute atomic E-state index is 13.7. The summed E-state index contributed by atoms with van der Waals surface area (Å²) < 4.78 is 44.4. The van der Waals surface area contributed by atoms with Crippen LogP contribution in [0.4, 0.5) is 18.9 Å². The van der Waals surface area contributed by atoms with E-state index in [0.29, 0.717) is 11.4 Å². The molecule has 5 rings (SSSR count). The summed E-state index contributed by atoms with van der Waals surface area (Å²) in [6, 6.07) is 9.18. The Morgan fingerprint density at radius 2 is 1.92 bits per heavy atom. The van der Waals surface area contributed by atoms with E-state index < -0.39 is 17.6 Å². The Kier molecular flexibility index (Phi) is 6.32. The summed E-state index contributed by atoms with van der Waals surface area (Å²) in [7, 11) is 1.84. The molecule has 1 aliphatic rings. The number of nitrogens with zero attached hydrogens (tertiary/aromatic N) is 5. The molecule has 0 spiro atoms. The van der Waals surface area contributed by atoms with Crippen molar-refractivity contribution in [3.05, 3.63) is 76.7 Å². The molecule has 2 heterocycles. The molecule has 0 bridgehead atoms. The van der Waals surface area contributed by atoms with Gasteiger partial charge in [-0.25, -0.2) is 4.68 Å². The first kappa shape index (κ1) is 24.7. The van der Waals surface area contributed by atoms with E-state index in [2.05, 4.69) is 26.0 Å². The Bertz CT molecular complexity index is 1470. The van der Waals surface area contributed by atoms with Crippen molar-refractivity contribution < 1.29 is 18.0 Å². The van der Waals surface area contributed by atoms with Gasteiger partial charge in [0.1, 0.15) is 5.69 Å². The van der Waals surface area contributed by atoms with Crippen LogP contribution in [0.3, 0.4) is 0 Å². The summed E-state index contributed by atoms with van der Waals surface area (Å²) >= 11 is 0. The van der Waals surface area contributed by atoms with Crippen LogP contribution < -0.4 is 10.6 Å². The SMILES string of the molecule is Cc1ccc(C(=O)Nc2ccc(CNC3CC3)c(C(F)(F)F)c2)cc1-n1cc(-c2cnn(C)c2C)nn1. The molecular formula is C26H26F3N7O. The van der Waals surface area contributed by atoms with E-state index in [1.165, 1.54) is 12.1 Å². The minimum atomic E-state index is -4.53. The molecule has 2 N–H and O–H groups in total. The van der Waals surface area contributed by atoms with Crippen LogP contribution in [0.5, 0.6) is 0 Å². The van der Waals surface area contributed by atoms with E-state index in [4.69, 9.17) is 0 Å². The number of rotatable bonds is 7. The van der Waals surface area contributed by atoms with E-state index in [1.54, 1.807) is 40.0 Å². The van der Waals surface area contributed by atoms with Crippen LogP contribution in [0, 0.1) is 13.8 Å². The lowest BCUT2D eigenvalue weighted by atomic mass is 10.1. The number of carbonyl (C=O) groups excluding carboxylic acids is 1. The number of aromatic nitrogens is 5. The number of amides is 1. The van der Waals surface area contributed by atoms with Gasteiger partial charge < -0.3 is 10.6 Å². The van der Waals surface area contributed by atoms with Crippen molar-refractivity contribution in [1.29, 1.82) is 0 Å². The van der Waals surface area contributed by atoms with Gasteiger partial charge in [-0.3, -0.25) is 9.48 Å². The van der Waals surface area contributed by atoms with Crippen LogP contribution in [0.1, 0.15) is 45.6 Å². The van der Waals surface area contributed by atoms with Crippen LogP contribution >= 0.6 is 0 Å². The second kappa shape index (κ2) is 9.47. The van der Waals surface area contributed by atoms with E-state index in [9.17, 15) is 18.0 Å². The molecule has 192 valence electrons. The van der Waals surface area contributed by atoms with E-state index in [-0.39, 0.29) is 29.4 Å². The van der Waals surface area contributed by atoms with E-state index in [1.807, 2.05) is 20.9 Å². The highest BCUT2D eigenvalue weighted by Crippen LogP contribution is 2.34. The number of benzene rings is 2. The Morgan fingerprint density at radius 3 is 2.59 bits per heavy atom. The number of anilines is 1. The van der Waals surface area contributed by atoms with E-state index in [0.717, 1.165) is 35.7 Å². The lowest BCUT2D eigenvalue weighted by Gasteiger charge is -2.16. The first-order valence-electron chi connectivity index (χ1n) is 11.9. The topological polar surface area (TPSA) is 89.7 Å². The predicted octanol–water partition coefficient (Wildman–Crippen LogP) is 4.81. The second-order valence-electron chi connectivity index (χ2n) is 9.30. The minimum absolute atomic E-state index is 0.0738. The fraction of sp³-hybridized carbons (Fsp3) is 0.308. The summed E-state index contributed by atoms with van der Waals surface area (Å²) in [5.74, 6) is -0.526. The molecule has 1 saturated carbocycles. The average Bonchev–Trinajstić information content (AvgIpc) is 3.46. The zero-order valence-electron chi connectivity index (χ0n) is 20.6. The van der Waals surface area contributed by atoms with Crippen molar-refractivity contribution in [2.75, 3.05) is 5.32 Å². The maximum atomic E-state index is 13.7. The molecule has 1 amide bonds. The van der Waals surface area contributed by atoms with Gasteiger partial charge in [0.05, 0.1) is 23.6 Å². The van der Waals surface area contributed by atoms with Crippen molar-refractivity contribution >= 4 is 11.6 Å². The number of aryl methyl sites for hydroxylation is 2. The molecule has 4 aromatic rings. The number of carbonyl (C=O) groups is 1. The molecular weight excluding hydrogens is 483 g/mol. The third-order valence-corrected chi connectivity index (χ3v) is 6.55. The Morgan fingerprint density at radius 1 is 1.14 bits per heavy atom. The lowest BCUT2D eigenvalue weighted by Crippen LogP contribution is -2.20. The molecule has 37 heavy (non-hydrogen) atoms. The van der Waals surface area contributed by atoms with Gasteiger partial charge in [0.15, 0.2) is 0 Å². The van der Waals surface area contributed by atoms with Crippen molar-refractivity contribution in [1.82, 2.24) is 30.1 Å². The van der Waals surface area contributed by atoms with Crippen LogP contribution in [0.15, 0.2) is 48.8 Å². The standard InChI is InChI=1S/C26H26F3N7O/c1-15-4-5-17(10-24(15)36-14-23(33-34-36)21-13-31-35(3)16(21)2)25(37)32-20-7-6-18(12-30-19-8-9-19)22(11-20)26(27,28)29/h4-7,10-11,13-14,19,30H,8-9,12H2,1-3H3,(H,32,37). The predicted molar refractivity (Wildman–Crippen MR) is 132 cm³/mol. The van der Waals surface area contributed by atoms with Gasteiger partial charge in [0, 0.05) is 42.1 Å². The maximum Gasteiger partial charge on any atom is 0.416 e. The van der Waals surface area contributed by atoms with Crippen molar-refractivity contribution in [2.24, 2.45) is 7.05 Å². The van der Waals surface area contributed by atoms with Crippen molar-refractivity contribution in [3.63, 3.8) is 0 Å². The van der Waals surface area contributed by atoms with Crippen LogP contribution in [0.25, 0.3) is 16.9 Å². The van der Waals surface area contributed by atoms with Gasteiger partial charge in [-0.15, -0.1) is 5.10 Å². The van der Waals surface area contributed by atoms with Crippen LogP contribution in [-0.4, -0.2) is 36.7 Å². The zero-order valence-corrected chi connectivity index (χ0v) is 20.6. The minimum Gasteiger partial charge on any atom is -0.322 e. The molecule has 8 nitrogen and oxygen atoms in total. The largest absolute Gasteiger partial charge is 0.416 e. The Hall–Kier alpha value is -3.99. The van der Waals surface area contributed by atoms with Gasteiger partial charge in [0.25, 0.3) is 5.91 Å². The lowest BCUT2D eigenvalue weighted by molar-refractivity contribution is -0.138. The fourth-order valence-corrected chi connectivity index (χ4v) is 4.07. The highest BCUT2D eigenvalue weighted by atomic mass is 19.4. The molecule has 1 aliphatic carbocycles. The first-order valence-corrected chi connectivity index (χ1v) is 11.9. The Labute approximate surface area is 211 Å². The van der Waals surface area contributed by atoms with Gasteiger partial charge in [-0.2, -0.15) is 18.3 Å². The highest BCUT2D eigenvalue weighted by molar-refractivity contribution is 6.04. The molecule has 2 aromatic heterocycles. The molecule has 0 atom stereocenters. The Balaban J connectivity index is 1.38. The number of halogens is 3. The summed E-state index contributed by atoms with van der Waals surface area (Å²) in [4.78, 5) is 13.0. The van der Waals surface area contributed by atoms with Crippen molar-refractivity contribution in [2.45, 2.75) is 45.5 Å². The zero-order chi connectivity index (χ0) is 26.3. The van der Waals surface area contributed by atoms with Gasteiger partial charge in [-0.05, 0) is 62.1 Å². The van der Waals surface area contributed by atoms with Gasteiger partial charge >= 0.3 is 6.18 Å². The molecule has 0 aliphatic heterocycles. The fourth-order valence-electron chi connectivity index (χ4n) is 4.07. The second-order valence-corrected chi connectivity index (χ2v) is 9.30. The number of nitrogens with one attached hydrogen (secondary N) is 2. The molecule has 0 unspecified atom stereocenters. The number of hydrogen-bond acceptors (Lipinski definition) is 5. The normalized spacial score (nSPS) is 13.7. The van der Waals surface area contributed by atoms with Gasteiger partial charge in [-0.1, -0.05) is 17.3 Å². The summed E-state index contributed by atoms with van der Waals surface area (Å²) in [5, 5.41) is 18.4. The summed E-state index contributed by atoms with van der Waals surface area (Å²) in [6.45, 7) is 3.93. The van der Waals surface area contributed by atoms with Crippen molar-refractivity contribution in [3.8, 4) is 16.9 Å². The van der Waals surface area contributed by atoms with Crippen LogP contribution in [-0.2, 0) is 19.8 Å². The van der Waals surface area contributed by atoms with Gasteiger partial charge in [0.2, 0.25) is 0 Å². The smallest absolute Gasteiger partial charge is 0.322 e. The van der Waals surface area contributed by atoms with E-state index >= 15 is 0 Å². The first-order chi connectivity index (χ1) is 17.6. The highest BCUT2D eigenvalue weighted by Gasteiger charge is 2.34. The number of alkyl halides is 3. The third kappa shape index (κ3) is 5.26. The van der Waals surface area contributed by atoms with Crippen LogP contribution in [0.2, 0.25) is 0 Å². The molecule has 0 saturated heterocycles. The molecule has 11 heteroatoms. The molecule has 2 aromatic carbocycles. The third-order valence-electron chi connectivity index (χ3n) is 6.55. The molecule has 1 fully saturated rings. The molecule has 0 radical (unpaired) electrons. The summed E-state index contributed by atoms with van der Waals surface area (Å²) in [5.41, 5.74) is 3.64. The monoisotopic (exact) mass is 509 g/mol. The summed E-state index contributed by atoms with van der Waals surface area (Å²) in [6.07, 6.45) is 0.886.